The highest BCUT2D eigenvalue weighted by Gasteiger charge is 2.35. The molecule has 2 rings (SSSR count). The molecule has 0 aromatic heterocycles. The Balaban J connectivity index is 1.90. The summed E-state index contributed by atoms with van der Waals surface area (Å²) in [4.78, 5) is 5.43. The third kappa shape index (κ3) is 3.71. The van der Waals surface area contributed by atoms with E-state index in [9.17, 15) is 0 Å². The largest absolute Gasteiger partial charge is 0.313 e. The van der Waals surface area contributed by atoms with Crippen molar-refractivity contribution in [3.63, 3.8) is 0 Å². The van der Waals surface area contributed by atoms with E-state index < -0.39 is 0 Å². The lowest BCUT2D eigenvalue weighted by Gasteiger charge is -2.39. The van der Waals surface area contributed by atoms with Gasteiger partial charge in [0.05, 0.1) is 0 Å². The van der Waals surface area contributed by atoms with Crippen LogP contribution in [0.1, 0.15) is 52.9 Å². The summed E-state index contributed by atoms with van der Waals surface area (Å²) >= 11 is 0. The summed E-state index contributed by atoms with van der Waals surface area (Å²) in [6, 6.07) is 2.35. The molecule has 3 nitrogen and oxygen atoms in total. The molecule has 3 atom stereocenters. The second-order valence-electron chi connectivity index (χ2n) is 6.17. The van der Waals surface area contributed by atoms with Crippen LogP contribution in [0.3, 0.4) is 0 Å². The Hall–Kier alpha value is -0.120. The summed E-state index contributed by atoms with van der Waals surface area (Å²) in [6.07, 6.45) is 7.01. The molecular weight excluding hydrogens is 234 g/mol. The molecule has 0 aromatic rings. The van der Waals surface area contributed by atoms with Crippen molar-refractivity contribution in [2.75, 3.05) is 32.7 Å². The number of hydrogen-bond acceptors (Lipinski definition) is 3. The lowest BCUT2D eigenvalue weighted by atomic mass is 9.89. The van der Waals surface area contributed by atoms with Gasteiger partial charge in [-0.2, -0.15) is 0 Å². The second-order valence-corrected chi connectivity index (χ2v) is 6.17. The van der Waals surface area contributed by atoms with E-state index in [0.717, 1.165) is 24.7 Å². The fraction of sp³-hybridized carbons (Fsp3) is 1.00. The van der Waals surface area contributed by atoms with Crippen LogP contribution in [0.2, 0.25) is 0 Å². The molecule has 3 heteroatoms. The van der Waals surface area contributed by atoms with Gasteiger partial charge < -0.3 is 5.32 Å². The highest BCUT2D eigenvalue weighted by Crippen LogP contribution is 2.27. The zero-order valence-corrected chi connectivity index (χ0v) is 13.2. The number of rotatable bonds is 6. The van der Waals surface area contributed by atoms with Crippen LogP contribution in [0.25, 0.3) is 0 Å². The molecule has 0 aromatic carbocycles. The van der Waals surface area contributed by atoms with Gasteiger partial charge >= 0.3 is 0 Å². The molecule has 1 heterocycles. The lowest BCUT2D eigenvalue weighted by Crippen LogP contribution is -2.51. The minimum absolute atomic E-state index is 0.745. The van der Waals surface area contributed by atoms with Crippen molar-refractivity contribution in [2.24, 2.45) is 0 Å². The molecule has 19 heavy (non-hydrogen) atoms. The normalized spacial score (nSPS) is 33.2. The van der Waals surface area contributed by atoms with Crippen LogP contribution < -0.4 is 5.32 Å². The Morgan fingerprint density at radius 2 is 1.79 bits per heavy atom. The smallest absolute Gasteiger partial charge is 0.0250 e. The van der Waals surface area contributed by atoms with Gasteiger partial charge in [-0.1, -0.05) is 33.6 Å². The molecule has 0 bridgehead atoms. The monoisotopic (exact) mass is 267 g/mol. The summed E-state index contributed by atoms with van der Waals surface area (Å²) in [5, 5.41) is 3.73. The van der Waals surface area contributed by atoms with Crippen LogP contribution in [-0.4, -0.2) is 60.6 Å². The fourth-order valence-electron chi connectivity index (χ4n) is 4.16. The van der Waals surface area contributed by atoms with Crippen molar-refractivity contribution in [2.45, 2.75) is 71.0 Å². The minimum Gasteiger partial charge on any atom is -0.313 e. The molecule has 112 valence electrons. The number of nitrogens with one attached hydrogen (secondary N) is 1. The molecule has 1 saturated carbocycles. The first-order chi connectivity index (χ1) is 9.30. The number of hydrogen-bond donors (Lipinski definition) is 1. The van der Waals surface area contributed by atoms with Gasteiger partial charge in [-0.25, -0.2) is 0 Å². The fourth-order valence-corrected chi connectivity index (χ4v) is 4.16. The Kier molecular flexibility index (Phi) is 6.11. The van der Waals surface area contributed by atoms with Crippen molar-refractivity contribution in [3.05, 3.63) is 0 Å². The predicted octanol–water partition coefficient (Wildman–Crippen LogP) is 2.32. The van der Waals surface area contributed by atoms with Gasteiger partial charge in [0.1, 0.15) is 0 Å². The maximum Gasteiger partial charge on any atom is 0.0250 e. The van der Waals surface area contributed by atoms with Gasteiger partial charge in [0.2, 0.25) is 0 Å². The lowest BCUT2D eigenvalue weighted by molar-refractivity contribution is 0.133. The van der Waals surface area contributed by atoms with E-state index >= 15 is 0 Å². The van der Waals surface area contributed by atoms with Gasteiger partial charge in [0, 0.05) is 31.2 Å². The van der Waals surface area contributed by atoms with Crippen LogP contribution >= 0.6 is 0 Å². The van der Waals surface area contributed by atoms with E-state index in [1.54, 1.807) is 0 Å². The van der Waals surface area contributed by atoms with Crippen molar-refractivity contribution in [1.82, 2.24) is 15.1 Å². The highest BCUT2D eigenvalue weighted by atomic mass is 15.3. The molecular formula is C16H33N3. The summed E-state index contributed by atoms with van der Waals surface area (Å²) in [5.41, 5.74) is 0. The molecule has 1 N–H and O–H groups in total. The molecule has 1 aliphatic heterocycles. The van der Waals surface area contributed by atoms with Crippen molar-refractivity contribution in [1.29, 1.82) is 0 Å². The van der Waals surface area contributed by atoms with Crippen LogP contribution in [0.5, 0.6) is 0 Å². The predicted molar refractivity (Wildman–Crippen MR) is 82.6 cm³/mol. The molecule has 3 unspecified atom stereocenters. The first-order valence-electron chi connectivity index (χ1n) is 8.51. The van der Waals surface area contributed by atoms with Crippen LogP contribution in [0.4, 0.5) is 0 Å². The van der Waals surface area contributed by atoms with Crippen LogP contribution in [-0.2, 0) is 0 Å². The quantitative estimate of drug-likeness (QED) is 0.797. The van der Waals surface area contributed by atoms with Gasteiger partial charge in [-0.3, -0.25) is 9.80 Å². The van der Waals surface area contributed by atoms with Crippen molar-refractivity contribution < 1.29 is 0 Å². The van der Waals surface area contributed by atoms with Gasteiger partial charge in [-0.15, -0.1) is 0 Å². The topological polar surface area (TPSA) is 18.5 Å². The van der Waals surface area contributed by atoms with Crippen molar-refractivity contribution in [3.8, 4) is 0 Å². The Morgan fingerprint density at radius 3 is 2.47 bits per heavy atom. The molecule has 0 spiro atoms. The Morgan fingerprint density at radius 1 is 1.05 bits per heavy atom. The molecule has 1 saturated heterocycles. The van der Waals surface area contributed by atoms with E-state index in [-0.39, 0.29) is 0 Å². The van der Waals surface area contributed by atoms with Gasteiger partial charge in [0.25, 0.3) is 0 Å². The highest BCUT2D eigenvalue weighted by molar-refractivity contribution is 4.93. The standard InChI is InChI=1S/C16H33N3/c1-4-17-15-9-7-8-10-16(15)19-12-11-14(13-19)18(5-2)6-3/h14-17H,4-13H2,1-3H3. The zero-order valence-electron chi connectivity index (χ0n) is 13.2. The summed E-state index contributed by atoms with van der Waals surface area (Å²) in [6.45, 7) is 13.0. The van der Waals surface area contributed by atoms with E-state index in [2.05, 4.69) is 35.9 Å². The Labute approximate surface area is 119 Å². The van der Waals surface area contributed by atoms with Crippen LogP contribution in [0.15, 0.2) is 0 Å². The third-order valence-electron chi connectivity index (χ3n) is 5.19. The Bertz CT molecular complexity index is 250. The third-order valence-corrected chi connectivity index (χ3v) is 5.19. The molecule has 2 fully saturated rings. The minimum atomic E-state index is 0.745. The first kappa shape index (κ1) is 15.3. The van der Waals surface area contributed by atoms with E-state index in [1.807, 2.05) is 0 Å². The molecule has 0 amide bonds. The first-order valence-corrected chi connectivity index (χ1v) is 8.51. The number of likely N-dealkylation sites (tertiary alicyclic amines) is 1. The molecule has 0 radical (unpaired) electrons. The average Bonchev–Trinajstić information content (AvgIpc) is 2.91. The van der Waals surface area contributed by atoms with E-state index in [4.69, 9.17) is 0 Å². The zero-order chi connectivity index (χ0) is 13.7. The number of likely N-dealkylation sites (N-methyl/N-ethyl adjacent to an activating group) is 2. The summed E-state index contributed by atoms with van der Waals surface area (Å²) in [7, 11) is 0. The van der Waals surface area contributed by atoms with Crippen molar-refractivity contribution >= 4 is 0 Å². The molecule has 2 aliphatic rings. The van der Waals surface area contributed by atoms with Gasteiger partial charge in [0.15, 0.2) is 0 Å². The summed E-state index contributed by atoms with van der Waals surface area (Å²) < 4.78 is 0. The molecule has 1 aliphatic carbocycles. The average molecular weight is 267 g/mol. The second kappa shape index (κ2) is 7.61. The SMILES string of the molecule is CCNC1CCCCC1N1CCC(N(CC)CC)C1. The summed E-state index contributed by atoms with van der Waals surface area (Å²) in [5.74, 6) is 0. The maximum atomic E-state index is 3.73. The van der Waals surface area contributed by atoms with E-state index in [1.165, 1.54) is 58.3 Å². The van der Waals surface area contributed by atoms with E-state index in [0.29, 0.717) is 0 Å². The van der Waals surface area contributed by atoms with Crippen LogP contribution in [0, 0.1) is 0 Å². The number of nitrogens with zero attached hydrogens (tertiary/aromatic N) is 2. The van der Waals surface area contributed by atoms with Gasteiger partial charge in [-0.05, 0) is 38.9 Å². The maximum absolute atomic E-state index is 3.73.